The molecule has 1 heterocycles. The number of hydrogen-bond acceptors (Lipinski definition) is 5. The Hall–Kier alpha value is -1.12. The van der Waals surface area contributed by atoms with E-state index in [0.29, 0.717) is 6.42 Å². The lowest BCUT2D eigenvalue weighted by Gasteiger charge is -2.13. The van der Waals surface area contributed by atoms with Gasteiger partial charge in [0.05, 0.1) is 12.8 Å². The second kappa shape index (κ2) is 4.60. The van der Waals surface area contributed by atoms with Crippen LogP contribution in [0.25, 0.3) is 0 Å². The lowest BCUT2D eigenvalue weighted by Crippen LogP contribution is -2.37. The van der Waals surface area contributed by atoms with Crippen LogP contribution < -0.4 is 10.5 Å². The lowest BCUT2D eigenvalue weighted by molar-refractivity contribution is 0.254. The number of aromatic amines is 1. The predicted octanol–water partition coefficient (Wildman–Crippen LogP) is -0.959. The van der Waals surface area contributed by atoms with Crippen molar-refractivity contribution >= 4 is 15.8 Å². The maximum Gasteiger partial charge on any atom is 0.246 e. The molecule has 0 aromatic carbocycles. The normalized spacial score (nSPS) is 14.0. The number of aliphatic hydroxyl groups excluding tert-OH is 1. The van der Waals surface area contributed by atoms with E-state index < -0.39 is 16.1 Å². The maximum atomic E-state index is 11.7. The van der Waals surface area contributed by atoms with Gasteiger partial charge in [-0.15, -0.1) is 0 Å². The third-order valence-electron chi connectivity index (χ3n) is 1.96. The highest BCUT2D eigenvalue weighted by molar-refractivity contribution is 7.89. The zero-order chi connectivity index (χ0) is 11.5. The van der Waals surface area contributed by atoms with E-state index in [0.717, 1.165) is 6.20 Å². The summed E-state index contributed by atoms with van der Waals surface area (Å²) in [4.78, 5) is -0.102. The average molecular weight is 234 g/mol. The van der Waals surface area contributed by atoms with Crippen molar-refractivity contribution in [3.8, 4) is 0 Å². The number of hydrogen-bond donors (Lipinski definition) is 4. The van der Waals surface area contributed by atoms with E-state index in [4.69, 9.17) is 10.8 Å². The molecule has 0 fully saturated rings. The van der Waals surface area contributed by atoms with Crippen molar-refractivity contribution in [3.05, 3.63) is 6.20 Å². The van der Waals surface area contributed by atoms with Crippen molar-refractivity contribution in [1.82, 2.24) is 14.9 Å². The van der Waals surface area contributed by atoms with Crippen molar-refractivity contribution < 1.29 is 13.5 Å². The number of aromatic nitrogens is 2. The number of rotatable bonds is 5. The molecule has 0 bridgehead atoms. The summed E-state index contributed by atoms with van der Waals surface area (Å²) in [5, 5.41) is 14.7. The fraction of sp³-hybridized carbons (Fsp3) is 0.571. The van der Waals surface area contributed by atoms with E-state index in [-0.39, 0.29) is 17.3 Å². The van der Waals surface area contributed by atoms with E-state index in [2.05, 4.69) is 14.9 Å². The minimum Gasteiger partial charge on any atom is -0.395 e. The summed E-state index contributed by atoms with van der Waals surface area (Å²) in [6.07, 6.45) is 1.62. The lowest BCUT2D eigenvalue weighted by atomic mass is 10.3. The fourth-order valence-electron chi connectivity index (χ4n) is 1.03. The number of nitrogens with two attached hydrogens (primary N) is 1. The third-order valence-corrected chi connectivity index (χ3v) is 3.50. The van der Waals surface area contributed by atoms with Crippen LogP contribution in [0.2, 0.25) is 0 Å². The van der Waals surface area contributed by atoms with E-state index in [1.165, 1.54) is 0 Å². The molecule has 8 heteroatoms. The molecule has 0 aliphatic carbocycles. The van der Waals surface area contributed by atoms with Crippen LogP contribution in [0.5, 0.6) is 0 Å². The molecule has 7 nitrogen and oxygen atoms in total. The highest BCUT2D eigenvalue weighted by Gasteiger charge is 2.22. The molecule has 1 rings (SSSR count). The van der Waals surface area contributed by atoms with Crippen molar-refractivity contribution in [2.24, 2.45) is 0 Å². The summed E-state index contributed by atoms with van der Waals surface area (Å²) >= 11 is 0. The van der Waals surface area contributed by atoms with Gasteiger partial charge in [0.2, 0.25) is 10.0 Å². The van der Waals surface area contributed by atoms with Crippen LogP contribution in [-0.4, -0.2) is 36.4 Å². The number of nitrogen functional groups attached to an aromatic ring is 1. The second-order valence-electron chi connectivity index (χ2n) is 3.06. The Balaban J connectivity index is 2.90. The van der Waals surface area contributed by atoms with Crippen LogP contribution >= 0.6 is 0 Å². The molecule has 0 aliphatic rings. The van der Waals surface area contributed by atoms with Gasteiger partial charge in [0.25, 0.3) is 0 Å². The SMILES string of the molecule is CC[C@@H](CO)NS(=O)(=O)c1cn[nH]c1N. The predicted molar refractivity (Wildman–Crippen MR) is 54.5 cm³/mol. The first-order valence-electron chi connectivity index (χ1n) is 4.43. The quantitative estimate of drug-likeness (QED) is 0.523. The monoisotopic (exact) mass is 234 g/mol. The van der Waals surface area contributed by atoms with Gasteiger partial charge in [0.1, 0.15) is 10.7 Å². The maximum absolute atomic E-state index is 11.7. The molecule has 0 saturated carbocycles. The van der Waals surface area contributed by atoms with Crippen LogP contribution in [0.15, 0.2) is 11.1 Å². The first-order chi connectivity index (χ1) is 7.01. The van der Waals surface area contributed by atoms with Crippen LogP contribution in [0, 0.1) is 0 Å². The molecule has 1 aromatic rings. The highest BCUT2D eigenvalue weighted by Crippen LogP contribution is 2.14. The van der Waals surface area contributed by atoms with Gasteiger partial charge in [-0.05, 0) is 6.42 Å². The molecule has 0 saturated heterocycles. The molecule has 5 N–H and O–H groups in total. The van der Waals surface area contributed by atoms with Gasteiger partial charge in [-0.2, -0.15) is 5.10 Å². The Morgan fingerprint density at radius 3 is 2.80 bits per heavy atom. The molecule has 0 aliphatic heterocycles. The zero-order valence-electron chi connectivity index (χ0n) is 8.27. The molecule has 1 atom stereocenters. The van der Waals surface area contributed by atoms with Gasteiger partial charge < -0.3 is 10.8 Å². The van der Waals surface area contributed by atoms with Gasteiger partial charge in [-0.3, -0.25) is 5.10 Å². The van der Waals surface area contributed by atoms with Crippen molar-refractivity contribution in [1.29, 1.82) is 0 Å². The summed E-state index contributed by atoms with van der Waals surface area (Å²) in [7, 11) is -3.70. The van der Waals surface area contributed by atoms with Gasteiger partial charge in [0, 0.05) is 6.04 Å². The number of H-pyrrole nitrogens is 1. The summed E-state index contributed by atoms with van der Waals surface area (Å²) in [5.74, 6) is -0.0182. The molecule has 0 spiro atoms. The van der Waals surface area contributed by atoms with E-state index in [9.17, 15) is 8.42 Å². The molecular weight excluding hydrogens is 220 g/mol. The number of anilines is 1. The average Bonchev–Trinajstić information content (AvgIpc) is 2.61. The summed E-state index contributed by atoms with van der Waals surface area (Å²) < 4.78 is 25.7. The van der Waals surface area contributed by atoms with E-state index in [1.54, 1.807) is 6.92 Å². The first kappa shape index (κ1) is 12.0. The number of aliphatic hydroxyl groups is 1. The Labute approximate surface area is 87.7 Å². The van der Waals surface area contributed by atoms with Gasteiger partial charge in [-0.25, -0.2) is 13.1 Å². The number of nitrogens with one attached hydrogen (secondary N) is 2. The van der Waals surface area contributed by atoms with Gasteiger partial charge >= 0.3 is 0 Å². The standard InChI is InChI=1S/C7H14N4O3S/c1-2-5(4-12)11-15(13,14)6-3-9-10-7(6)8/h3,5,11-12H,2,4H2,1H3,(H3,8,9,10)/t5-/m0/s1. The Morgan fingerprint density at radius 2 is 2.40 bits per heavy atom. The van der Waals surface area contributed by atoms with Crippen molar-refractivity contribution in [3.63, 3.8) is 0 Å². The Morgan fingerprint density at radius 1 is 1.73 bits per heavy atom. The Kier molecular flexibility index (Phi) is 3.66. The van der Waals surface area contributed by atoms with Gasteiger partial charge in [0.15, 0.2) is 0 Å². The number of sulfonamides is 1. The largest absolute Gasteiger partial charge is 0.395 e. The third kappa shape index (κ3) is 2.67. The minimum atomic E-state index is -3.70. The van der Waals surface area contributed by atoms with Crippen LogP contribution in [0.1, 0.15) is 13.3 Å². The second-order valence-corrected chi connectivity index (χ2v) is 4.74. The molecule has 0 unspecified atom stereocenters. The minimum absolute atomic E-state index is 0.0182. The molecular formula is C7H14N4O3S. The molecule has 0 amide bonds. The topological polar surface area (TPSA) is 121 Å². The Bertz CT molecular complexity index is 410. The van der Waals surface area contributed by atoms with Crippen LogP contribution in [0.4, 0.5) is 5.82 Å². The fourth-order valence-corrected chi connectivity index (χ4v) is 2.37. The van der Waals surface area contributed by atoms with Crippen molar-refractivity contribution in [2.45, 2.75) is 24.3 Å². The molecule has 15 heavy (non-hydrogen) atoms. The first-order valence-corrected chi connectivity index (χ1v) is 5.91. The molecule has 1 aromatic heterocycles. The summed E-state index contributed by atoms with van der Waals surface area (Å²) in [5.41, 5.74) is 5.39. The van der Waals surface area contributed by atoms with Crippen molar-refractivity contribution in [2.75, 3.05) is 12.3 Å². The smallest absolute Gasteiger partial charge is 0.246 e. The summed E-state index contributed by atoms with van der Waals surface area (Å²) in [6.45, 7) is 1.51. The van der Waals surface area contributed by atoms with E-state index >= 15 is 0 Å². The van der Waals surface area contributed by atoms with Crippen LogP contribution in [0.3, 0.4) is 0 Å². The van der Waals surface area contributed by atoms with E-state index in [1.807, 2.05) is 0 Å². The molecule has 0 radical (unpaired) electrons. The summed E-state index contributed by atoms with van der Waals surface area (Å²) in [6, 6.07) is -0.510. The highest BCUT2D eigenvalue weighted by atomic mass is 32.2. The molecule has 86 valence electrons. The van der Waals surface area contributed by atoms with Crippen LogP contribution in [-0.2, 0) is 10.0 Å². The zero-order valence-corrected chi connectivity index (χ0v) is 9.08. The number of nitrogens with zero attached hydrogens (tertiary/aromatic N) is 1. The van der Waals surface area contributed by atoms with Gasteiger partial charge in [-0.1, -0.05) is 6.92 Å².